The van der Waals surface area contributed by atoms with Crippen LogP contribution in [-0.4, -0.2) is 63.9 Å². The first kappa shape index (κ1) is 29.7. The molecule has 0 amide bonds. The molecule has 0 aliphatic carbocycles. The van der Waals surface area contributed by atoms with Crippen LogP contribution >= 0.6 is 7.60 Å². The van der Waals surface area contributed by atoms with E-state index < -0.39 is 86.1 Å². The maximum Gasteiger partial charge on any atom is 0.380 e. The Kier molecular flexibility index (Phi) is 9.26. The van der Waals surface area contributed by atoms with Gasteiger partial charge in [0.05, 0.1) is 31.0 Å². The monoisotopic (exact) mass is 561 g/mol. The summed E-state index contributed by atoms with van der Waals surface area (Å²) < 4.78 is 64.0. The van der Waals surface area contributed by atoms with E-state index in [0.29, 0.717) is 10.8 Å². The quantitative estimate of drug-likeness (QED) is 0.269. The van der Waals surface area contributed by atoms with Gasteiger partial charge in [0.15, 0.2) is 6.23 Å². The van der Waals surface area contributed by atoms with Crippen molar-refractivity contribution < 1.29 is 41.8 Å². The highest BCUT2D eigenvalue weighted by molar-refractivity contribution is 7.54. The fourth-order valence-electron chi connectivity index (χ4n) is 3.80. The van der Waals surface area contributed by atoms with Gasteiger partial charge in [-0.1, -0.05) is 25.1 Å². The Labute approximate surface area is 216 Å². The zero-order chi connectivity index (χ0) is 28.3. The molecule has 1 fully saturated rings. The van der Waals surface area contributed by atoms with E-state index in [1.54, 1.807) is 37.0 Å². The molecule has 1 saturated heterocycles. The van der Waals surface area contributed by atoms with E-state index in [9.17, 15) is 32.8 Å². The number of rotatable bonds is 11. The van der Waals surface area contributed by atoms with Crippen LogP contribution < -0.4 is 21.5 Å². The van der Waals surface area contributed by atoms with Gasteiger partial charge in [0.1, 0.15) is 30.2 Å². The fraction of sp³-hybridized carbons (Fsp3) is 0.522. The van der Waals surface area contributed by atoms with Gasteiger partial charge >= 0.3 is 19.3 Å². The second-order valence-corrected chi connectivity index (χ2v) is 11.3. The number of aliphatic hydroxyl groups excluding tert-OH is 1. The average Bonchev–Trinajstić information content (AvgIpc) is 3.10. The van der Waals surface area contributed by atoms with E-state index >= 15 is 0 Å². The van der Waals surface area contributed by atoms with Crippen molar-refractivity contribution in [1.29, 1.82) is 0 Å². The third-order valence-corrected chi connectivity index (χ3v) is 7.78. The van der Waals surface area contributed by atoms with E-state index in [0.717, 1.165) is 0 Å². The number of hydrogen-bond acceptors (Lipinski definition) is 10. The number of carbonyl (C=O) groups excluding carboxylic acids is 1. The van der Waals surface area contributed by atoms with Crippen molar-refractivity contribution in [2.75, 3.05) is 19.4 Å². The van der Waals surface area contributed by atoms with Crippen molar-refractivity contribution in [3.05, 3.63) is 63.2 Å². The van der Waals surface area contributed by atoms with Gasteiger partial charge in [-0.3, -0.25) is 23.7 Å². The first-order valence-corrected chi connectivity index (χ1v) is 13.4. The van der Waals surface area contributed by atoms with E-state index in [4.69, 9.17) is 24.3 Å². The van der Waals surface area contributed by atoms with Crippen LogP contribution in [0.5, 0.6) is 5.75 Å². The summed E-state index contributed by atoms with van der Waals surface area (Å²) in [7, 11) is -4.14. The van der Waals surface area contributed by atoms with Gasteiger partial charge in [-0.05, 0) is 26.0 Å². The molecule has 1 unspecified atom stereocenters. The van der Waals surface area contributed by atoms with Gasteiger partial charge in [-0.15, -0.1) is 0 Å². The van der Waals surface area contributed by atoms with E-state index in [2.05, 4.69) is 0 Å². The normalized spacial score (nSPS) is 25.6. The Hall–Kier alpha value is -2.90. The van der Waals surface area contributed by atoms with Crippen LogP contribution in [0.15, 0.2) is 46.1 Å². The highest BCUT2D eigenvalue weighted by atomic mass is 31.2. The summed E-state index contributed by atoms with van der Waals surface area (Å²) in [5.74, 6) is -2.77. The minimum absolute atomic E-state index is 0.165. The molecule has 0 bridgehead atoms. The van der Waals surface area contributed by atoms with Gasteiger partial charge in [-0.2, -0.15) is 4.39 Å². The number of aromatic nitrogens is 2. The lowest BCUT2D eigenvalue weighted by atomic mass is 9.92. The number of alkyl halides is 1. The number of para-hydroxylation sites is 1. The third-order valence-electron chi connectivity index (χ3n) is 5.75. The van der Waals surface area contributed by atoms with E-state index in [1.165, 1.54) is 19.1 Å². The van der Waals surface area contributed by atoms with Crippen molar-refractivity contribution in [3.63, 3.8) is 0 Å². The summed E-state index contributed by atoms with van der Waals surface area (Å²) >= 11 is 0. The predicted octanol–water partition coefficient (Wildman–Crippen LogP) is 1.48. The maximum atomic E-state index is 14.1. The largest absolute Gasteiger partial charge is 0.463 e. The molecule has 2 heterocycles. The number of carbonyl (C=O) groups is 1. The standard InChI is InChI=1S/C23H30F2N3O9P/c1-13(2)35-20(31)14(3)11-38(33,37-15-7-5-4-6-8-15)34-10-17-18(29)23(26,12-24)21(36-17)28-9-16(25)19(30)27-22(28)32/h4-9,13-14,17-18,21,29H,10-12,26H2,1-3H3,(H,27,30,32)/t14-,17-,18+,21-,23?,38+/m1/s1. The van der Waals surface area contributed by atoms with Crippen LogP contribution in [-0.2, 0) is 23.4 Å². The second kappa shape index (κ2) is 11.9. The molecule has 2 aromatic rings. The summed E-state index contributed by atoms with van der Waals surface area (Å²) in [6, 6.07) is 7.96. The minimum Gasteiger partial charge on any atom is -0.463 e. The molecule has 1 aromatic carbocycles. The lowest BCUT2D eigenvalue weighted by Gasteiger charge is -2.30. The summed E-state index contributed by atoms with van der Waals surface area (Å²) in [5.41, 5.74) is 1.28. The topological polar surface area (TPSA) is 172 Å². The number of ether oxygens (including phenoxy) is 2. The Morgan fingerprint density at radius 2 is 1.95 bits per heavy atom. The molecule has 1 aliphatic heterocycles. The molecule has 0 spiro atoms. The molecule has 6 atom stereocenters. The Balaban J connectivity index is 1.85. The molecule has 3 rings (SSSR count). The predicted molar refractivity (Wildman–Crippen MR) is 130 cm³/mol. The molecular formula is C23H30F2N3O9P. The first-order chi connectivity index (χ1) is 17.8. The molecule has 1 aromatic heterocycles. The van der Waals surface area contributed by atoms with Crippen LogP contribution in [0.3, 0.4) is 0 Å². The maximum absolute atomic E-state index is 14.1. The number of aliphatic hydroxyl groups is 1. The van der Waals surface area contributed by atoms with Crippen molar-refractivity contribution in [3.8, 4) is 5.75 Å². The zero-order valence-corrected chi connectivity index (χ0v) is 21.8. The van der Waals surface area contributed by atoms with Crippen LogP contribution in [0.1, 0.15) is 27.0 Å². The summed E-state index contributed by atoms with van der Waals surface area (Å²) in [6.45, 7) is 2.68. The molecule has 0 saturated carbocycles. The molecule has 4 N–H and O–H groups in total. The van der Waals surface area contributed by atoms with Crippen LogP contribution in [0.25, 0.3) is 0 Å². The van der Waals surface area contributed by atoms with Crippen LogP contribution in [0.4, 0.5) is 8.78 Å². The summed E-state index contributed by atoms with van der Waals surface area (Å²) in [6.07, 6.45) is -5.41. The van der Waals surface area contributed by atoms with Gasteiger partial charge in [0.2, 0.25) is 5.82 Å². The van der Waals surface area contributed by atoms with Gasteiger partial charge < -0.3 is 24.8 Å². The number of nitrogens with one attached hydrogen (secondary N) is 1. The number of aromatic amines is 1. The second-order valence-electron chi connectivity index (χ2n) is 9.24. The fourth-order valence-corrected chi connectivity index (χ4v) is 5.67. The summed E-state index contributed by atoms with van der Waals surface area (Å²) in [5, 5.41) is 10.8. The molecular weight excluding hydrogens is 531 g/mol. The number of hydrogen-bond donors (Lipinski definition) is 3. The number of benzene rings is 1. The molecule has 210 valence electrons. The first-order valence-electron chi connectivity index (χ1n) is 11.7. The number of esters is 1. The molecule has 1 aliphatic rings. The average molecular weight is 561 g/mol. The van der Waals surface area contributed by atoms with Gasteiger partial charge in [-0.25, -0.2) is 13.8 Å². The minimum atomic E-state index is -4.14. The molecule has 12 nitrogen and oxygen atoms in total. The molecule has 15 heteroatoms. The summed E-state index contributed by atoms with van der Waals surface area (Å²) in [4.78, 5) is 37.7. The Bertz CT molecular complexity index is 1290. The highest BCUT2D eigenvalue weighted by Crippen LogP contribution is 2.51. The molecule has 38 heavy (non-hydrogen) atoms. The smallest absolute Gasteiger partial charge is 0.380 e. The van der Waals surface area contributed by atoms with Crippen molar-refractivity contribution >= 4 is 13.6 Å². The Morgan fingerprint density at radius 3 is 2.55 bits per heavy atom. The van der Waals surface area contributed by atoms with Crippen molar-refractivity contribution in [2.24, 2.45) is 11.7 Å². The highest BCUT2D eigenvalue weighted by Gasteiger charge is 2.56. The number of nitrogens with zero attached hydrogens (tertiary/aromatic N) is 1. The van der Waals surface area contributed by atoms with Gasteiger partial charge in [0, 0.05) is 0 Å². The van der Waals surface area contributed by atoms with Crippen LogP contribution in [0.2, 0.25) is 0 Å². The van der Waals surface area contributed by atoms with E-state index in [-0.39, 0.29) is 5.75 Å². The van der Waals surface area contributed by atoms with Crippen molar-refractivity contribution in [2.45, 2.75) is 50.8 Å². The van der Waals surface area contributed by atoms with Gasteiger partial charge in [0.25, 0.3) is 5.56 Å². The Morgan fingerprint density at radius 1 is 1.29 bits per heavy atom. The number of halogens is 2. The lowest BCUT2D eigenvalue weighted by molar-refractivity contribution is -0.151. The number of nitrogens with two attached hydrogens (primary N) is 1. The molecule has 0 radical (unpaired) electrons. The SMILES string of the molecule is CC(C)OC(=O)[C@H](C)C[P@](=O)(OC[C@H]1O[C@@H](n2cc(F)c(=O)[nH]c2=O)C(N)(CF)[C@H]1O)Oc1ccccc1. The van der Waals surface area contributed by atoms with Crippen molar-refractivity contribution in [1.82, 2.24) is 9.55 Å². The lowest BCUT2D eigenvalue weighted by Crippen LogP contribution is -2.58. The third kappa shape index (κ3) is 6.56. The zero-order valence-electron chi connectivity index (χ0n) is 20.9. The van der Waals surface area contributed by atoms with E-state index in [1.807, 2.05) is 0 Å². The van der Waals surface area contributed by atoms with Crippen LogP contribution in [0, 0.1) is 11.7 Å². The number of H-pyrrole nitrogens is 1.